The van der Waals surface area contributed by atoms with Crippen LogP contribution in [0.25, 0.3) is 0 Å². The Kier molecular flexibility index (Phi) is 13.5. The monoisotopic (exact) mass is 825 g/mol. The number of methoxy groups -OCH3 is 2. The van der Waals surface area contributed by atoms with Crippen LogP contribution in [-0.4, -0.2) is 132 Å². The Morgan fingerprint density at radius 3 is 2.47 bits per heavy atom. The molecule has 0 saturated carbocycles. The van der Waals surface area contributed by atoms with Crippen molar-refractivity contribution in [3.05, 3.63) is 46.5 Å². The van der Waals surface area contributed by atoms with E-state index in [0.29, 0.717) is 5.56 Å². The molecular formula is C38H52ClN3O15. The van der Waals surface area contributed by atoms with Crippen LogP contribution in [-0.2, 0) is 44.4 Å². The van der Waals surface area contributed by atoms with Crippen molar-refractivity contribution in [3.63, 3.8) is 0 Å². The number of primary amides is 1. The van der Waals surface area contributed by atoms with Crippen LogP contribution in [0.3, 0.4) is 0 Å². The van der Waals surface area contributed by atoms with Crippen molar-refractivity contribution in [2.24, 2.45) is 17.6 Å². The minimum atomic E-state index is -1.99. The summed E-state index contributed by atoms with van der Waals surface area (Å²) in [4.78, 5) is 53.7. The number of esters is 1. The van der Waals surface area contributed by atoms with Crippen molar-refractivity contribution in [1.29, 1.82) is 0 Å². The van der Waals surface area contributed by atoms with Gasteiger partial charge in [0, 0.05) is 19.4 Å². The predicted octanol–water partition coefficient (Wildman–Crippen LogP) is 1.60. The van der Waals surface area contributed by atoms with E-state index >= 15 is 0 Å². The fourth-order valence-corrected chi connectivity index (χ4v) is 7.89. The van der Waals surface area contributed by atoms with E-state index in [1.807, 2.05) is 6.92 Å². The molecule has 0 radical (unpaired) electrons. The summed E-state index contributed by atoms with van der Waals surface area (Å²) in [6.07, 6.45) is -10.6. The molecule has 18 nitrogen and oxygen atoms in total. The maximum atomic E-state index is 15.0. The second-order valence-corrected chi connectivity index (χ2v) is 15.7. The zero-order chi connectivity index (χ0) is 42.1. The lowest BCUT2D eigenvalue weighted by Gasteiger charge is -2.45. The summed E-state index contributed by atoms with van der Waals surface area (Å²) in [5.74, 6) is -2.66. The highest BCUT2D eigenvalue weighted by Crippen LogP contribution is 2.49. The van der Waals surface area contributed by atoms with Gasteiger partial charge in [-0.15, -0.1) is 0 Å². The van der Waals surface area contributed by atoms with Gasteiger partial charge in [0.2, 0.25) is 5.91 Å². The Morgan fingerprint density at radius 1 is 1.16 bits per heavy atom. The lowest BCUT2D eigenvalue weighted by Crippen LogP contribution is -2.65. The number of halogens is 1. The molecule has 0 aromatic heterocycles. The van der Waals surface area contributed by atoms with Gasteiger partial charge in [-0.2, -0.15) is 0 Å². The molecule has 316 valence electrons. The number of aliphatic hydroxyl groups is 4. The first kappa shape index (κ1) is 44.1. The number of ether oxygens (including phenoxy) is 7. The van der Waals surface area contributed by atoms with Crippen molar-refractivity contribution in [3.8, 4) is 5.75 Å². The van der Waals surface area contributed by atoms with E-state index in [-0.39, 0.29) is 29.3 Å². The SMILES string of the molecule is COc1cc2cc(c1Cl)N(C1OC(CO)C(OC(N)=O)C(O)C1O)C(=O)CC(OC(=O)C(C)C)C1(C)OC1C(C)C1CC(O)(NC(=O)O1)C(OC)C=CC=C(C)C2. The number of hydrogen-bond acceptors (Lipinski definition) is 15. The van der Waals surface area contributed by atoms with Gasteiger partial charge in [0.15, 0.2) is 18.1 Å². The molecule has 0 aliphatic carbocycles. The molecule has 57 heavy (non-hydrogen) atoms. The van der Waals surface area contributed by atoms with Crippen LogP contribution in [0.4, 0.5) is 15.3 Å². The quantitative estimate of drug-likeness (QED) is 0.130. The Morgan fingerprint density at radius 2 is 1.86 bits per heavy atom. The number of carbonyl (C=O) groups is 4. The number of alkyl carbamates (subject to hydrolysis) is 1. The van der Waals surface area contributed by atoms with Gasteiger partial charge in [0.1, 0.15) is 53.0 Å². The van der Waals surface area contributed by atoms with E-state index < -0.39 is 115 Å². The summed E-state index contributed by atoms with van der Waals surface area (Å²) in [7, 11) is 2.75. The van der Waals surface area contributed by atoms with Crippen molar-refractivity contribution in [2.75, 3.05) is 25.7 Å². The van der Waals surface area contributed by atoms with Crippen LogP contribution in [0.1, 0.15) is 53.0 Å². The van der Waals surface area contributed by atoms with Crippen LogP contribution in [0.5, 0.6) is 5.75 Å². The zero-order valence-electron chi connectivity index (χ0n) is 32.7. The predicted molar refractivity (Wildman–Crippen MR) is 200 cm³/mol. The molecule has 4 aliphatic heterocycles. The first-order valence-electron chi connectivity index (χ1n) is 18.5. The average molecular weight is 826 g/mol. The number of aliphatic hydroxyl groups excluding tert-OH is 3. The van der Waals surface area contributed by atoms with Crippen LogP contribution in [0, 0.1) is 11.8 Å². The van der Waals surface area contributed by atoms with Crippen molar-refractivity contribution >= 4 is 41.4 Å². The number of anilines is 1. The van der Waals surface area contributed by atoms with E-state index in [1.54, 1.807) is 58.1 Å². The standard InChI is InChI=1S/C38H52ClN3O15/c1-17(2)34(47)55-26-14-27(44)42(33-30(46)29(45)31(56-35(40)48)24(16-43)53-33)21-12-20(13-22(51-6)28(21)39)11-18(3)9-8-10-25(52-7)38(50)15-23(54-36(49)41-38)19(4)32-37(26,5)57-32/h8-10,12-13,17,19,23-26,29-33,43,45-46,50H,11,14-16H2,1-7H3,(H2,40,48)(H,41,49). The molecule has 4 bridgehead atoms. The van der Waals surface area contributed by atoms with Gasteiger partial charge in [-0.25, -0.2) is 9.59 Å². The van der Waals surface area contributed by atoms with Gasteiger partial charge in [-0.05, 0) is 38.0 Å². The third-order valence-electron chi connectivity index (χ3n) is 10.8. The van der Waals surface area contributed by atoms with Gasteiger partial charge in [0.05, 0.1) is 37.8 Å². The summed E-state index contributed by atoms with van der Waals surface area (Å²) < 4.78 is 40.0. The molecule has 1 aromatic rings. The molecule has 4 aliphatic rings. The number of nitrogens with one attached hydrogen (secondary N) is 1. The van der Waals surface area contributed by atoms with Gasteiger partial charge < -0.3 is 59.3 Å². The maximum absolute atomic E-state index is 15.0. The normalized spacial score (nSPS) is 36.0. The molecule has 12 unspecified atom stereocenters. The van der Waals surface area contributed by atoms with Gasteiger partial charge in [0.25, 0.3) is 0 Å². The second kappa shape index (κ2) is 17.5. The number of allylic oxidation sites excluding steroid dienone is 3. The lowest BCUT2D eigenvalue weighted by molar-refractivity contribution is -0.227. The highest BCUT2D eigenvalue weighted by atomic mass is 35.5. The largest absolute Gasteiger partial charge is 0.495 e. The van der Waals surface area contributed by atoms with Gasteiger partial charge >= 0.3 is 18.2 Å². The first-order valence-corrected chi connectivity index (χ1v) is 18.9. The number of amides is 3. The molecule has 0 spiro atoms. The number of nitrogens with zero attached hydrogens (tertiary/aromatic N) is 1. The molecular weight excluding hydrogens is 774 g/mol. The van der Waals surface area contributed by atoms with Gasteiger partial charge in [-0.1, -0.05) is 56.2 Å². The molecule has 3 amide bonds. The topological polar surface area (TPSA) is 258 Å². The maximum Gasteiger partial charge on any atom is 0.409 e. The fourth-order valence-electron chi connectivity index (χ4n) is 7.61. The van der Waals surface area contributed by atoms with Crippen molar-refractivity contribution < 1.29 is 72.8 Å². The Labute approximate surface area is 334 Å². The van der Waals surface area contributed by atoms with Crippen LogP contribution >= 0.6 is 11.6 Å². The van der Waals surface area contributed by atoms with Crippen molar-refractivity contribution in [2.45, 2.75) is 120 Å². The highest BCUT2D eigenvalue weighted by molar-refractivity contribution is 6.35. The van der Waals surface area contributed by atoms with E-state index in [2.05, 4.69) is 5.32 Å². The van der Waals surface area contributed by atoms with E-state index in [0.717, 1.165) is 10.5 Å². The Balaban J connectivity index is 1.69. The summed E-state index contributed by atoms with van der Waals surface area (Å²) in [6, 6.07) is 3.18. The molecule has 4 heterocycles. The smallest absolute Gasteiger partial charge is 0.409 e. The third kappa shape index (κ3) is 9.18. The number of fused-ring (bicyclic) bond motifs is 5. The van der Waals surface area contributed by atoms with Crippen LogP contribution < -0.4 is 20.7 Å². The molecule has 12 atom stereocenters. The molecule has 3 fully saturated rings. The number of carbonyl (C=O) groups excluding carboxylic acids is 4. The second-order valence-electron chi connectivity index (χ2n) is 15.3. The van der Waals surface area contributed by atoms with E-state index in [4.69, 9.17) is 50.5 Å². The number of benzene rings is 1. The Bertz CT molecular complexity index is 1760. The van der Waals surface area contributed by atoms with Crippen LogP contribution in [0.2, 0.25) is 5.02 Å². The summed E-state index contributed by atoms with van der Waals surface area (Å²) >= 11 is 6.92. The number of rotatable bonds is 7. The molecule has 3 saturated heterocycles. The average Bonchev–Trinajstić information content (AvgIpc) is 3.84. The first-order chi connectivity index (χ1) is 26.8. The minimum absolute atomic E-state index is 0.0475. The van der Waals surface area contributed by atoms with Crippen molar-refractivity contribution in [1.82, 2.24) is 5.32 Å². The van der Waals surface area contributed by atoms with Gasteiger partial charge in [-0.3, -0.25) is 19.8 Å². The highest BCUT2D eigenvalue weighted by Gasteiger charge is 2.65. The van der Waals surface area contributed by atoms with Crippen LogP contribution in [0.15, 0.2) is 35.9 Å². The minimum Gasteiger partial charge on any atom is -0.495 e. The molecule has 1 aromatic carbocycles. The summed E-state index contributed by atoms with van der Waals surface area (Å²) in [6.45, 7) is 7.54. The van der Waals surface area contributed by atoms with E-state index in [1.165, 1.54) is 14.2 Å². The number of hydrogen-bond donors (Lipinski definition) is 6. The van der Waals surface area contributed by atoms with E-state index in [9.17, 15) is 39.6 Å². The summed E-state index contributed by atoms with van der Waals surface area (Å²) in [5, 5.41) is 47.2. The fraction of sp³-hybridized carbons (Fsp3) is 0.632. The molecule has 19 heteroatoms. The zero-order valence-corrected chi connectivity index (χ0v) is 33.5. The lowest BCUT2D eigenvalue weighted by atomic mass is 9.83. The Hall–Kier alpha value is -4.01. The number of epoxide rings is 1. The summed E-state index contributed by atoms with van der Waals surface area (Å²) in [5.41, 5.74) is 3.21. The number of nitrogens with two attached hydrogens (primary N) is 1. The third-order valence-corrected chi connectivity index (χ3v) is 11.2. The molecule has 5 rings (SSSR count). The molecule has 7 N–H and O–H groups in total.